The van der Waals surface area contributed by atoms with Crippen molar-refractivity contribution in [2.75, 3.05) is 7.11 Å². The van der Waals surface area contributed by atoms with Crippen LogP contribution in [0.1, 0.15) is 44.8 Å². The van der Waals surface area contributed by atoms with E-state index in [1.807, 2.05) is 18.2 Å². The van der Waals surface area contributed by atoms with Gasteiger partial charge in [0, 0.05) is 23.5 Å². The molecule has 1 saturated carbocycles. The van der Waals surface area contributed by atoms with E-state index in [1.54, 1.807) is 7.11 Å². The number of aliphatic hydroxyl groups is 1. The van der Waals surface area contributed by atoms with Gasteiger partial charge < -0.3 is 14.6 Å². The summed E-state index contributed by atoms with van der Waals surface area (Å²) in [6, 6.07) is 5.64. The first-order valence-corrected chi connectivity index (χ1v) is 6.52. The maximum Gasteiger partial charge on any atom is 0.129 e. The molecule has 3 rings (SSSR count). The zero-order chi connectivity index (χ0) is 13.0. The van der Waals surface area contributed by atoms with E-state index in [2.05, 4.69) is 13.8 Å². The fourth-order valence-electron chi connectivity index (χ4n) is 2.85. The van der Waals surface area contributed by atoms with Crippen LogP contribution in [0.3, 0.4) is 0 Å². The Morgan fingerprint density at radius 1 is 1.33 bits per heavy atom. The van der Waals surface area contributed by atoms with E-state index >= 15 is 0 Å². The van der Waals surface area contributed by atoms with Gasteiger partial charge in [0.05, 0.1) is 13.2 Å². The zero-order valence-corrected chi connectivity index (χ0v) is 11.2. The molecule has 3 heteroatoms. The van der Waals surface area contributed by atoms with Crippen LogP contribution in [-0.4, -0.2) is 17.8 Å². The molecule has 1 heterocycles. The Kier molecular flexibility index (Phi) is 2.39. The first-order chi connectivity index (χ1) is 8.47. The fraction of sp³-hybridized carbons (Fsp3) is 0.600. The first-order valence-electron chi connectivity index (χ1n) is 6.52. The molecule has 2 atom stereocenters. The summed E-state index contributed by atoms with van der Waals surface area (Å²) in [5.74, 6) is 1.54. The first kappa shape index (κ1) is 11.8. The molecule has 1 aliphatic carbocycles. The lowest BCUT2D eigenvalue weighted by Gasteiger charge is -2.42. The summed E-state index contributed by atoms with van der Waals surface area (Å²) in [4.78, 5) is 0. The number of benzene rings is 1. The van der Waals surface area contributed by atoms with E-state index in [0.717, 1.165) is 17.1 Å². The standard InChI is InChI=1S/C15H20O3/c1-14(6-7-14)15(2)9-12(16)11-5-4-10(17-3)8-13(11)18-15/h4-5,8,12,16H,6-7,9H2,1-3H3/t12-,15?/m1/s1. The monoisotopic (exact) mass is 248 g/mol. The third-order valence-electron chi connectivity index (χ3n) is 4.77. The number of ether oxygens (including phenoxy) is 2. The molecule has 0 bridgehead atoms. The molecule has 1 aliphatic heterocycles. The molecule has 0 spiro atoms. The molecular weight excluding hydrogens is 228 g/mol. The smallest absolute Gasteiger partial charge is 0.129 e. The Hall–Kier alpha value is -1.22. The van der Waals surface area contributed by atoms with Crippen LogP contribution in [0, 0.1) is 5.41 Å². The predicted octanol–water partition coefficient (Wildman–Crippen LogP) is 3.07. The van der Waals surface area contributed by atoms with Crippen molar-refractivity contribution in [1.29, 1.82) is 0 Å². The summed E-state index contributed by atoms with van der Waals surface area (Å²) in [6.45, 7) is 4.36. The minimum atomic E-state index is -0.443. The highest BCUT2D eigenvalue weighted by molar-refractivity contribution is 5.44. The van der Waals surface area contributed by atoms with Gasteiger partial charge in [-0.3, -0.25) is 0 Å². The highest BCUT2D eigenvalue weighted by Gasteiger charge is 2.57. The van der Waals surface area contributed by atoms with Gasteiger partial charge in [-0.05, 0) is 31.9 Å². The van der Waals surface area contributed by atoms with Crippen LogP contribution in [0.25, 0.3) is 0 Å². The molecule has 0 saturated heterocycles. The van der Waals surface area contributed by atoms with Crippen molar-refractivity contribution in [3.05, 3.63) is 23.8 Å². The quantitative estimate of drug-likeness (QED) is 0.874. The van der Waals surface area contributed by atoms with Crippen LogP contribution in [-0.2, 0) is 0 Å². The van der Waals surface area contributed by atoms with Crippen molar-refractivity contribution in [2.45, 2.75) is 44.8 Å². The van der Waals surface area contributed by atoms with Gasteiger partial charge in [0.2, 0.25) is 0 Å². The maximum atomic E-state index is 10.3. The minimum Gasteiger partial charge on any atom is -0.497 e. The lowest BCUT2D eigenvalue weighted by atomic mass is 9.79. The van der Waals surface area contributed by atoms with Gasteiger partial charge in [0.1, 0.15) is 17.1 Å². The highest BCUT2D eigenvalue weighted by atomic mass is 16.5. The number of hydrogen-bond donors (Lipinski definition) is 1. The summed E-state index contributed by atoms with van der Waals surface area (Å²) in [6.07, 6.45) is 2.58. The maximum absolute atomic E-state index is 10.3. The topological polar surface area (TPSA) is 38.7 Å². The summed E-state index contributed by atoms with van der Waals surface area (Å²) in [7, 11) is 1.64. The molecule has 1 aromatic carbocycles. The fourth-order valence-corrected chi connectivity index (χ4v) is 2.85. The molecule has 0 aromatic heterocycles. The third-order valence-corrected chi connectivity index (χ3v) is 4.77. The van der Waals surface area contributed by atoms with Crippen molar-refractivity contribution < 1.29 is 14.6 Å². The Bertz CT molecular complexity index is 479. The number of aliphatic hydroxyl groups excluding tert-OH is 1. The van der Waals surface area contributed by atoms with Crippen LogP contribution in [0.5, 0.6) is 11.5 Å². The van der Waals surface area contributed by atoms with E-state index in [1.165, 1.54) is 12.8 Å². The van der Waals surface area contributed by atoms with Crippen molar-refractivity contribution in [3.63, 3.8) is 0 Å². The van der Waals surface area contributed by atoms with Crippen molar-refractivity contribution in [3.8, 4) is 11.5 Å². The Morgan fingerprint density at radius 2 is 2.06 bits per heavy atom. The second-order valence-corrected chi connectivity index (χ2v) is 6.02. The van der Waals surface area contributed by atoms with E-state index < -0.39 is 6.10 Å². The second kappa shape index (κ2) is 3.64. The SMILES string of the molecule is COc1ccc2c(c1)OC(C)(C1(C)CC1)C[C@H]2O. The highest BCUT2D eigenvalue weighted by Crippen LogP contribution is 2.59. The van der Waals surface area contributed by atoms with E-state index in [0.29, 0.717) is 6.42 Å². The molecule has 0 amide bonds. The molecule has 1 N–H and O–H groups in total. The molecule has 1 aromatic rings. The second-order valence-electron chi connectivity index (χ2n) is 6.02. The van der Waals surface area contributed by atoms with Gasteiger partial charge in [0.25, 0.3) is 0 Å². The molecule has 1 unspecified atom stereocenters. The van der Waals surface area contributed by atoms with Gasteiger partial charge >= 0.3 is 0 Å². The van der Waals surface area contributed by atoms with Crippen LogP contribution in [0.2, 0.25) is 0 Å². The van der Waals surface area contributed by atoms with Crippen LogP contribution in [0.15, 0.2) is 18.2 Å². The summed E-state index contributed by atoms with van der Waals surface area (Å²) in [5.41, 5.74) is 0.804. The zero-order valence-electron chi connectivity index (χ0n) is 11.2. The van der Waals surface area contributed by atoms with Crippen LogP contribution < -0.4 is 9.47 Å². The van der Waals surface area contributed by atoms with Crippen molar-refractivity contribution >= 4 is 0 Å². The molecule has 2 aliphatic rings. The van der Waals surface area contributed by atoms with Crippen molar-refractivity contribution in [2.24, 2.45) is 5.41 Å². The van der Waals surface area contributed by atoms with E-state index in [-0.39, 0.29) is 11.0 Å². The lowest BCUT2D eigenvalue weighted by Crippen LogP contribution is -2.45. The molecule has 18 heavy (non-hydrogen) atoms. The van der Waals surface area contributed by atoms with Gasteiger partial charge in [-0.15, -0.1) is 0 Å². The number of hydrogen-bond acceptors (Lipinski definition) is 3. The Labute approximate surface area is 108 Å². The molecule has 3 nitrogen and oxygen atoms in total. The lowest BCUT2D eigenvalue weighted by molar-refractivity contribution is -0.0473. The average molecular weight is 248 g/mol. The molecule has 98 valence electrons. The summed E-state index contributed by atoms with van der Waals surface area (Å²) < 4.78 is 11.4. The Morgan fingerprint density at radius 3 is 2.67 bits per heavy atom. The minimum absolute atomic E-state index is 0.203. The normalized spacial score (nSPS) is 32.3. The number of methoxy groups -OCH3 is 1. The molecule has 0 radical (unpaired) electrons. The Balaban J connectivity index is 2.00. The van der Waals surface area contributed by atoms with Gasteiger partial charge in [0.15, 0.2) is 0 Å². The van der Waals surface area contributed by atoms with Gasteiger partial charge in [-0.25, -0.2) is 0 Å². The summed E-state index contributed by atoms with van der Waals surface area (Å²) in [5, 5.41) is 10.3. The number of rotatable bonds is 2. The molecule has 1 fully saturated rings. The summed E-state index contributed by atoms with van der Waals surface area (Å²) >= 11 is 0. The predicted molar refractivity (Wildman–Crippen MR) is 68.9 cm³/mol. The van der Waals surface area contributed by atoms with Crippen LogP contribution in [0.4, 0.5) is 0 Å². The average Bonchev–Trinajstić information content (AvgIpc) is 3.08. The van der Waals surface area contributed by atoms with Gasteiger partial charge in [-0.1, -0.05) is 6.92 Å². The number of fused-ring (bicyclic) bond motifs is 1. The third kappa shape index (κ3) is 1.61. The molecular formula is C15H20O3. The van der Waals surface area contributed by atoms with E-state index in [9.17, 15) is 5.11 Å². The van der Waals surface area contributed by atoms with Crippen LogP contribution >= 0.6 is 0 Å². The largest absolute Gasteiger partial charge is 0.497 e. The van der Waals surface area contributed by atoms with Crippen molar-refractivity contribution in [1.82, 2.24) is 0 Å². The van der Waals surface area contributed by atoms with E-state index in [4.69, 9.17) is 9.47 Å². The van der Waals surface area contributed by atoms with Gasteiger partial charge in [-0.2, -0.15) is 0 Å².